The standard InChI is InChI=1S/C17H27NO5S/c1-2-24(21,22)23-15-10-6-3-7-12(15)11-18-16(19)13-8-4-5-9-14(13)17(18)20/h12-15H,2-11H2,1H3/t12-,13?,14?,15-/m1/s1. The highest BCUT2D eigenvalue weighted by Crippen LogP contribution is 2.39. The Kier molecular flexibility index (Phi) is 5.30. The maximum Gasteiger partial charge on any atom is 0.267 e. The first-order chi connectivity index (χ1) is 11.4. The Morgan fingerprint density at radius 2 is 1.50 bits per heavy atom. The quantitative estimate of drug-likeness (QED) is 0.556. The van der Waals surface area contributed by atoms with E-state index < -0.39 is 16.2 Å². The average molecular weight is 357 g/mol. The topological polar surface area (TPSA) is 80.8 Å². The molecule has 2 amide bonds. The van der Waals surface area contributed by atoms with E-state index in [4.69, 9.17) is 4.18 Å². The molecule has 6 nitrogen and oxygen atoms in total. The van der Waals surface area contributed by atoms with Gasteiger partial charge in [0, 0.05) is 12.5 Å². The van der Waals surface area contributed by atoms with Gasteiger partial charge < -0.3 is 0 Å². The summed E-state index contributed by atoms with van der Waals surface area (Å²) < 4.78 is 29.0. The van der Waals surface area contributed by atoms with E-state index in [0.29, 0.717) is 13.0 Å². The molecule has 0 aromatic heterocycles. The van der Waals surface area contributed by atoms with Crippen LogP contribution in [0.2, 0.25) is 0 Å². The minimum atomic E-state index is -3.52. The smallest absolute Gasteiger partial charge is 0.267 e. The third kappa shape index (κ3) is 3.52. The molecule has 24 heavy (non-hydrogen) atoms. The Hall–Kier alpha value is -0.950. The molecule has 0 aromatic rings. The molecule has 1 saturated heterocycles. The first-order valence-electron chi connectivity index (χ1n) is 9.19. The normalized spacial score (nSPS) is 34.5. The summed E-state index contributed by atoms with van der Waals surface area (Å²) in [4.78, 5) is 26.6. The van der Waals surface area contributed by atoms with Gasteiger partial charge in [-0.05, 0) is 32.6 Å². The fraction of sp³-hybridized carbons (Fsp3) is 0.882. The molecule has 3 fully saturated rings. The summed E-state index contributed by atoms with van der Waals surface area (Å²) in [5.74, 6) is -0.517. The predicted molar refractivity (Wildman–Crippen MR) is 88.5 cm³/mol. The Balaban J connectivity index is 1.71. The lowest BCUT2D eigenvalue weighted by molar-refractivity contribution is -0.141. The molecule has 4 atom stereocenters. The van der Waals surface area contributed by atoms with Gasteiger partial charge in [-0.1, -0.05) is 25.7 Å². The van der Waals surface area contributed by atoms with E-state index in [1.165, 1.54) is 4.90 Å². The summed E-state index contributed by atoms with van der Waals surface area (Å²) in [6.07, 6.45) is 6.61. The van der Waals surface area contributed by atoms with Crippen molar-refractivity contribution in [2.24, 2.45) is 17.8 Å². The Morgan fingerprint density at radius 3 is 2.08 bits per heavy atom. The van der Waals surface area contributed by atoms with Gasteiger partial charge in [0.05, 0.1) is 23.7 Å². The van der Waals surface area contributed by atoms with Gasteiger partial charge in [0.1, 0.15) is 0 Å². The highest BCUT2D eigenvalue weighted by molar-refractivity contribution is 7.86. The van der Waals surface area contributed by atoms with Crippen molar-refractivity contribution in [1.82, 2.24) is 4.90 Å². The number of nitrogens with zero attached hydrogens (tertiary/aromatic N) is 1. The molecule has 0 bridgehead atoms. The molecular formula is C17H27NO5S. The van der Waals surface area contributed by atoms with Crippen LogP contribution < -0.4 is 0 Å². The number of fused-ring (bicyclic) bond motifs is 1. The number of amides is 2. The zero-order valence-corrected chi connectivity index (χ0v) is 15.1. The molecule has 2 aliphatic carbocycles. The van der Waals surface area contributed by atoms with Crippen molar-refractivity contribution < 1.29 is 22.2 Å². The summed E-state index contributed by atoms with van der Waals surface area (Å²) >= 11 is 0. The molecule has 2 saturated carbocycles. The lowest BCUT2D eigenvalue weighted by Gasteiger charge is -2.33. The van der Waals surface area contributed by atoms with E-state index in [1.54, 1.807) is 6.92 Å². The first kappa shape index (κ1) is 17.9. The van der Waals surface area contributed by atoms with Gasteiger partial charge in [-0.3, -0.25) is 18.7 Å². The molecule has 0 spiro atoms. The van der Waals surface area contributed by atoms with Crippen molar-refractivity contribution in [3.8, 4) is 0 Å². The fourth-order valence-electron chi connectivity index (χ4n) is 4.41. The largest absolute Gasteiger partial charge is 0.282 e. The van der Waals surface area contributed by atoms with E-state index in [0.717, 1.165) is 44.9 Å². The number of carbonyl (C=O) groups is 2. The molecule has 1 aliphatic heterocycles. The third-order valence-electron chi connectivity index (χ3n) is 5.81. The summed E-state index contributed by atoms with van der Waals surface area (Å²) in [7, 11) is -3.52. The van der Waals surface area contributed by atoms with Crippen LogP contribution in [0.4, 0.5) is 0 Å². The molecule has 136 valence electrons. The highest BCUT2D eigenvalue weighted by atomic mass is 32.2. The number of imide groups is 1. The van der Waals surface area contributed by atoms with E-state index in [1.807, 2.05) is 0 Å². The minimum Gasteiger partial charge on any atom is -0.282 e. The van der Waals surface area contributed by atoms with Crippen molar-refractivity contribution in [2.75, 3.05) is 12.3 Å². The van der Waals surface area contributed by atoms with Crippen LogP contribution in [0.25, 0.3) is 0 Å². The maximum atomic E-state index is 12.6. The zero-order chi connectivity index (χ0) is 17.3. The molecule has 0 aromatic carbocycles. The lowest BCUT2D eigenvalue weighted by Crippen LogP contribution is -2.42. The number of carbonyl (C=O) groups excluding carboxylic acids is 2. The molecule has 7 heteroatoms. The van der Waals surface area contributed by atoms with Crippen molar-refractivity contribution in [1.29, 1.82) is 0 Å². The lowest BCUT2D eigenvalue weighted by atomic mass is 9.81. The third-order valence-corrected chi connectivity index (χ3v) is 7.06. The Labute approximate surface area is 144 Å². The summed E-state index contributed by atoms with van der Waals surface area (Å²) in [5.41, 5.74) is 0. The molecule has 2 unspecified atom stereocenters. The number of rotatable bonds is 5. The highest BCUT2D eigenvalue weighted by Gasteiger charge is 2.49. The molecule has 3 rings (SSSR count). The SMILES string of the molecule is CCS(=O)(=O)O[C@@H]1CCCC[C@@H]1CN1C(=O)C2CCCCC2C1=O. The van der Waals surface area contributed by atoms with Crippen LogP contribution in [0.1, 0.15) is 58.3 Å². The van der Waals surface area contributed by atoms with Crippen LogP contribution in [0.3, 0.4) is 0 Å². The number of hydrogen-bond acceptors (Lipinski definition) is 5. The van der Waals surface area contributed by atoms with Gasteiger partial charge in [0.25, 0.3) is 10.1 Å². The van der Waals surface area contributed by atoms with Crippen molar-refractivity contribution in [2.45, 2.75) is 64.4 Å². The number of likely N-dealkylation sites (tertiary alicyclic amines) is 1. The van der Waals surface area contributed by atoms with Gasteiger partial charge in [-0.2, -0.15) is 8.42 Å². The Bertz CT molecular complexity index is 578. The van der Waals surface area contributed by atoms with E-state index in [-0.39, 0.29) is 35.3 Å². The van der Waals surface area contributed by atoms with Crippen LogP contribution in [0.5, 0.6) is 0 Å². The first-order valence-corrected chi connectivity index (χ1v) is 10.8. The van der Waals surface area contributed by atoms with Gasteiger partial charge in [0.2, 0.25) is 11.8 Å². The second kappa shape index (κ2) is 7.12. The van der Waals surface area contributed by atoms with Crippen molar-refractivity contribution >= 4 is 21.9 Å². The van der Waals surface area contributed by atoms with E-state index >= 15 is 0 Å². The van der Waals surface area contributed by atoms with Crippen LogP contribution >= 0.6 is 0 Å². The summed E-state index contributed by atoms with van der Waals surface area (Å²) in [5, 5.41) is 0. The zero-order valence-electron chi connectivity index (χ0n) is 14.3. The van der Waals surface area contributed by atoms with Gasteiger partial charge in [0.15, 0.2) is 0 Å². The average Bonchev–Trinajstić information content (AvgIpc) is 2.82. The van der Waals surface area contributed by atoms with Gasteiger partial charge in [-0.15, -0.1) is 0 Å². The van der Waals surface area contributed by atoms with Gasteiger partial charge in [-0.25, -0.2) is 0 Å². The van der Waals surface area contributed by atoms with Crippen LogP contribution in [0.15, 0.2) is 0 Å². The Morgan fingerprint density at radius 1 is 0.958 bits per heavy atom. The monoisotopic (exact) mass is 357 g/mol. The molecule has 0 N–H and O–H groups in total. The molecule has 0 radical (unpaired) electrons. The fourth-order valence-corrected chi connectivity index (χ4v) is 5.18. The molecular weight excluding hydrogens is 330 g/mol. The second-order valence-electron chi connectivity index (χ2n) is 7.31. The second-order valence-corrected chi connectivity index (χ2v) is 9.20. The van der Waals surface area contributed by atoms with Crippen LogP contribution in [-0.2, 0) is 23.9 Å². The van der Waals surface area contributed by atoms with E-state index in [2.05, 4.69) is 0 Å². The summed E-state index contributed by atoms with van der Waals surface area (Å²) in [6.45, 7) is 1.87. The van der Waals surface area contributed by atoms with Crippen LogP contribution in [0, 0.1) is 17.8 Å². The van der Waals surface area contributed by atoms with Crippen LogP contribution in [-0.4, -0.2) is 43.5 Å². The minimum absolute atomic E-state index is 0.0487. The number of hydrogen-bond donors (Lipinski definition) is 0. The molecule has 3 aliphatic rings. The maximum absolute atomic E-state index is 12.6. The predicted octanol–water partition coefficient (Wildman–Crippen LogP) is 2.09. The molecule has 1 heterocycles. The van der Waals surface area contributed by atoms with Gasteiger partial charge >= 0.3 is 0 Å². The van der Waals surface area contributed by atoms with Crippen molar-refractivity contribution in [3.05, 3.63) is 0 Å². The van der Waals surface area contributed by atoms with Crippen molar-refractivity contribution in [3.63, 3.8) is 0 Å². The van der Waals surface area contributed by atoms with E-state index in [9.17, 15) is 18.0 Å². The summed E-state index contributed by atoms with van der Waals surface area (Å²) in [6, 6.07) is 0.